The van der Waals surface area contributed by atoms with Crippen LogP contribution in [-0.2, 0) is 6.61 Å². The molecule has 2 aromatic carbocycles. The van der Waals surface area contributed by atoms with Gasteiger partial charge >= 0.3 is 0 Å². The maximum absolute atomic E-state index is 12.7. The van der Waals surface area contributed by atoms with Gasteiger partial charge in [0.05, 0.1) is 5.56 Å². The molecule has 4 aromatic rings. The number of aromatic amines is 1. The highest BCUT2D eigenvalue weighted by Crippen LogP contribution is 2.19. The van der Waals surface area contributed by atoms with Crippen molar-refractivity contribution in [3.8, 4) is 5.75 Å². The van der Waals surface area contributed by atoms with Crippen molar-refractivity contribution < 1.29 is 9.53 Å². The van der Waals surface area contributed by atoms with Gasteiger partial charge in [-0.15, -0.1) is 0 Å². The summed E-state index contributed by atoms with van der Waals surface area (Å²) in [6.07, 6.45) is 4.90. The highest BCUT2D eigenvalue weighted by molar-refractivity contribution is 6.12. The van der Waals surface area contributed by atoms with E-state index >= 15 is 0 Å². The van der Waals surface area contributed by atoms with Crippen molar-refractivity contribution in [2.24, 2.45) is 0 Å². The van der Waals surface area contributed by atoms with Crippen LogP contribution in [0.4, 0.5) is 5.69 Å². The minimum absolute atomic E-state index is 0.220. The average Bonchev–Trinajstić information content (AvgIpc) is 2.74. The Balaban J connectivity index is 1.47. The number of amides is 1. The standard InChI is InChI=1S/C22H17N3O3/c26-21-19-6-2-1-5-18(19)20(13-24-21)22(27)25-16-7-9-17(10-8-16)28-14-15-4-3-11-23-12-15/h1-13H,14H2,(H,24,26)(H,25,27). The van der Waals surface area contributed by atoms with Crippen LogP contribution in [0.1, 0.15) is 15.9 Å². The first-order chi connectivity index (χ1) is 13.7. The summed E-state index contributed by atoms with van der Waals surface area (Å²) in [6, 6.07) is 17.9. The highest BCUT2D eigenvalue weighted by Gasteiger charge is 2.12. The second-order valence-corrected chi connectivity index (χ2v) is 6.21. The van der Waals surface area contributed by atoms with Gasteiger partial charge in [-0.2, -0.15) is 0 Å². The fraction of sp³-hybridized carbons (Fsp3) is 0.0455. The Morgan fingerprint density at radius 1 is 1.00 bits per heavy atom. The summed E-state index contributed by atoms with van der Waals surface area (Å²) >= 11 is 0. The van der Waals surface area contributed by atoms with E-state index in [1.807, 2.05) is 12.1 Å². The molecule has 0 saturated heterocycles. The Kier molecular flexibility index (Phi) is 4.84. The lowest BCUT2D eigenvalue weighted by Crippen LogP contribution is -2.16. The minimum Gasteiger partial charge on any atom is -0.489 e. The first-order valence-electron chi connectivity index (χ1n) is 8.74. The van der Waals surface area contributed by atoms with Crippen LogP contribution in [-0.4, -0.2) is 15.9 Å². The monoisotopic (exact) mass is 371 g/mol. The zero-order valence-electron chi connectivity index (χ0n) is 14.9. The number of carbonyl (C=O) groups is 1. The molecule has 6 heteroatoms. The predicted octanol–water partition coefficient (Wildman–Crippen LogP) is 3.75. The van der Waals surface area contributed by atoms with Crippen LogP contribution >= 0.6 is 0 Å². The van der Waals surface area contributed by atoms with E-state index in [1.165, 1.54) is 6.20 Å². The second-order valence-electron chi connectivity index (χ2n) is 6.21. The molecule has 0 aliphatic rings. The Morgan fingerprint density at radius 2 is 1.79 bits per heavy atom. The summed E-state index contributed by atoms with van der Waals surface area (Å²) in [6.45, 7) is 0.420. The number of anilines is 1. The zero-order valence-corrected chi connectivity index (χ0v) is 14.9. The number of aromatic nitrogens is 2. The van der Waals surface area contributed by atoms with Gasteiger partial charge in [-0.3, -0.25) is 14.6 Å². The SMILES string of the molecule is O=C(Nc1ccc(OCc2cccnc2)cc1)c1c[nH]c(=O)c2ccccc12. The van der Waals surface area contributed by atoms with Crippen molar-refractivity contribution in [3.63, 3.8) is 0 Å². The molecule has 2 aromatic heterocycles. The van der Waals surface area contributed by atoms with E-state index in [9.17, 15) is 9.59 Å². The third-order valence-electron chi connectivity index (χ3n) is 4.29. The summed E-state index contributed by atoms with van der Waals surface area (Å²) in [5, 5.41) is 3.94. The summed E-state index contributed by atoms with van der Waals surface area (Å²) in [5.41, 5.74) is 1.80. The fourth-order valence-corrected chi connectivity index (χ4v) is 2.88. The maximum Gasteiger partial charge on any atom is 0.257 e. The number of rotatable bonds is 5. The molecule has 0 aliphatic heterocycles. The number of hydrogen-bond acceptors (Lipinski definition) is 4. The van der Waals surface area contributed by atoms with E-state index in [0.717, 1.165) is 5.56 Å². The summed E-state index contributed by atoms with van der Waals surface area (Å²) in [4.78, 5) is 31.2. The number of ether oxygens (including phenoxy) is 1. The number of benzene rings is 2. The Bertz CT molecular complexity index is 1170. The molecule has 0 spiro atoms. The van der Waals surface area contributed by atoms with Gasteiger partial charge in [-0.1, -0.05) is 24.3 Å². The number of pyridine rings is 2. The Morgan fingerprint density at radius 3 is 2.54 bits per heavy atom. The van der Waals surface area contributed by atoms with E-state index in [1.54, 1.807) is 60.9 Å². The summed E-state index contributed by atoms with van der Waals surface area (Å²) in [5.74, 6) is 0.396. The van der Waals surface area contributed by atoms with Crippen LogP contribution in [0, 0.1) is 0 Å². The average molecular weight is 371 g/mol. The second kappa shape index (κ2) is 7.75. The molecule has 1 amide bonds. The Hall–Kier alpha value is -3.93. The predicted molar refractivity (Wildman–Crippen MR) is 108 cm³/mol. The first-order valence-corrected chi connectivity index (χ1v) is 8.74. The van der Waals surface area contributed by atoms with Crippen molar-refractivity contribution in [1.29, 1.82) is 0 Å². The van der Waals surface area contributed by atoms with Gasteiger partial charge in [-0.25, -0.2) is 0 Å². The molecule has 0 atom stereocenters. The topological polar surface area (TPSA) is 84.1 Å². The molecular weight excluding hydrogens is 354 g/mol. The van der Waals surface area contributed by atoms with Crippen LogP contribution in [0.3, 0.4) is 0 Å². The molecule has 0 saturated carbocycles. The summed E-state index contributed by atoms with van der Waals surface area (Å²) in [7, 11) is 0. The number of H-pyrrole nitrogens is 1. The minimum atomic E-state index is -0.295. The van der Waals surface area contributed by atoms with Gasteiger partial charge in [0.1, 0.15) is 12.4 Å². The van der Waals surface area contributed by atoms with Crippen molar-refractivity contribution in [3.05, 3.63) is 101 Å². The molecule has 4 rings (SSSR count). The maximum atomic E-state index is 12.7. The highest BCUT2D eigenvalue weighted by atomic mass is 16.5. The molecule has 0 bridgehead atoms. The largest absolute Gasteiger partial charge is 0.489 e. The lowest BCUT2D eigenvalue weighted by atomic mass is 10.1. The third-order valence-corrected chi connectivity index (χ3v) is 4.29. The molecule has 2 N–H and O–H groups in total. The van der Waals surface area contributed by atoms with Crippen LogP contribution in [0.15, 0.2) is 84.0 Å². The van der Waals surface area contributed by atoms with Crippen molar-refractivity contribution in [2.75, 3.05) is 5.32 Å². The first kappa shape index (κ1) is 17.5. The van der Waals surface area contributed by atoms with Crippen molar-refractivity contribution in [1.82, 2.24) is 9.97 Å². The molecule has 0 radical (unpaired) electrons. The number of nitrogens with zero attached hydrogens (tertiary/aromatic N) is 1. The van der Waals surface area contributed by atoms with Crippen LogP contribution < -0.4 is 15.6 Å². The van der Waals surface area contributed by atoms with Gasteiger partial charge in [-0.05, 0) is 36.4 Å². The van der Waals surface area contributed by atoms with Gasteiger partial charge in [0.15, 0.2) is 0 Å². The van der Waals surface area contributed by atoms with Crippen molar-refractivity contribution >= 4 is 22.4 Å². The van der Waals surface area contributed by atoms with Gasteiger partial charge in [0.2, 0.25) is 0 Å². The van der Waals surface area contributed by atoms with Gasteiger partial charge in [0.25, 0.3) is 11.5 Å². The number of nitrogens with one attached hydrogen (secondary N) is 2. The van der Waals surface area contributed by atoms with E-state index in [4.69, 9.17) is 4.74 Å². The van der Waals surface area contributed by atoms with Crippen LogP contribution in [0.2, 0.25) is 0 Å². The quantitative estimate of drug-likeness (QED) is 0.560. The number of carbonyl (C=O) groups excluding carboxylic acids is 1. The normalized spacial score (nSPS) is 10.6. The lowest BCUT2D eigenvalue weighted by molar-refractivity contribution is 0.102. The van der Waals surface area contributed by atoms with E-state index < -0.39 is 0 Å². The van der Waals surface area contributed by atoms with E-state index in [0.29, 0.717) is 34.4 Å². The van der Waals surface area contributed by atoms with E-state index in [2.05, 4.69) is 15.3 Å². The lowest BCUT2D eigenvalue weighted by Gasteiger charge is -2.09. The molecule has 6 nitrogen and oxygen atoms in total. The molecule has 0 fully saturated rings. The molecule has 0 aliphatic carbocycles. The molecule has 138 valence electrons. The molecule has 2 heterocycles. The van der Waals surface area contributed by atoms with E-state index in [-0.39, 0.29) is 11.5 Å². The van der Waals surface area contributed by atoms with Gasteiger partial charge < -0.3 is 15.0 Å². The number of hydrogen-bond donors (Lipinski definition) is 2. The van der Waals surface area contributed by atoms with Crippen LogP contribution in [0.25, 0.3) is 10.8 Å². The zero-order chi connectivity index (χ0) is 19.3. The molecule has 28 heavy (non-hydrogen) atoms. The smallest absolute Gasteiger partial charge is 0.257 e. The molecule has 0 unspecified atom stereocenters. The van der Waals surface area contributed by atoms with Crippen molar-refractivity contribution in [2.45, 2.75) is 6.61 Å². The third kappa shape index (κ3) is 3.76. The van der Waals surface area contributed by atoms with Crippen LogP contribution in [0.5, 0.6) is 5.75 Å². The van der Waals surface area contributed by atoms with Gasteiger partial charge in [0, 0.05) is 40.6 Å². The fourth-order valence-electron chi connectivity index (χ4n) is 2.88. The summed E-state index contributed by atoms with van der Waals surface area (Å²) < 4.78 is 5.72. The Labute approximate surface area is 160 Å². The number of fused-ring (bicyclic) bond motifs is 1. The molecular formula is C22H17N3O3.